The first-order chi connectivity index (χ1) is 14.2. The van der Waals surface area contributed by atoms with Crippen LogP contribution in [0.15, 0.2) is 36.4 Å². The molecule has 0 radical (unpaired) electrons. The molecule has 0 saturated carbocycles. The van der Waals surface area contributed by atoms with Gasteiger partial charge in [-0.1, -0.05) is 12.1 Å². The second-order valence-electron chi connectivity index (χ2n) is 6.63. The van der Waals surface area contributed by atoms with Crippen molar-refractivity contribution in [3.8, 4) is 0 Å². The molecule has 30 heavy (non-hydrogen) atoms. The smallest absolute Gasteiger partial charge is 0.273 e. The van der Waals surface area contributed by atoms with Crippen LogP contribution in [0.4, 0.5) is 11.4 Å². The van der Waals surface area contributed by atoms with Gasteiger partial charge in [-0.2, -0.15) is 0 Å². The molecule has 2 N–H and O–H groups in total. The Bertz CT molecular complexity index is 910. The maximum atomic E-state index is 12.2. The fraction of sp³-hybridized carbons (Fsp3) is 0.300. The van der Waals surface area contributed by atoms with Crippen LogP contribution < -0.4 is 10.6 Å². The van der Waals surface area contributed by atoms with Crippen LogP contribution in [0, 0.1) is 34.1 Å². The van der Waals surface area contributed by atoms with E-state index in [9.17, 15) is 29.8 Å². The van der Waals surface area contributed by atoms with Gasteiger partial charge in [0.1, 0.15) is 0 Å². The third kappa shape index (κ3) is 5.37. The number of benzene rings is 2. The monoisotopic (exact) mass is 414 g/mol. The van der Waals surface area contributed by atoms with Gasteiger partial charge in [0.05, 0.1) is 9.85 Å². The lowest BCUT2D eigenvalue weighted by molar-refractivity contribution is -0.385. The van der Waals surface area contributed by atoms with Crippen LogP contribution in [0.2, 0.25) is 0 Å². The van der Waals surface area contributed by atoms with E-state index in [1.54, 1.807) is 0 Å². The largest absolute Gasteiger partial charge is 0.352 e. The fourth-order valence-electron chi connectivity index (χ4n) is 2.98. The van der Waals surface area contributed by atoms with Gasteiger partial charge in [-0.3, -0.25) is 29.8 Å². The molecule has 0 bridgehead atoms. The Balaban J connectivity index is 1.79. The SMILES string of the molecule is Cc1c(C(=O)NCCCCNC(=O)c2cccc([N+](=O)[O-])c2C)cccc1[N+](=O)[O-]. The number of carbonyl (C=O) groups excluding carboxylic acids is 2. The minimum absolute atomic E-state index is 0.109. The molecule has 0 aliphatic rings. The van der Waals surface area contributed by atoms with Gasteiger partial charge in [0.15, 0.2) is 0 Å². The van der Waals surface area contributed by atoms with E-state index in [1.807, 2.05) is 0 Å². The number of hydrogen-bond donors (Lipinski definition) is 2. The molecule has 0 atom stereocenters. The number of rotatable bonds is 9. The van der Waals surface area contributed by atoms with E-state index >= 15 is 0 Å². The Morgan fingerprint density at radius 3 is 1.47 bits per heavy atom. The number of amides is 2. The van der Waals surface area contributed by atoms with Crippen LogP contribution in [0.3, 0.4) is 0 Å². The van der Waals surface area contributed by atoms with E-state index in [0.29, 0.717) is 37.1 Å². The Morgan fingerprint density at radius 1 is 0.767 bits per heavy atom. The molecule has 2 rings (SSSR count). The molecule has 0 aliphatic heterocycles. The van der Waals surface area contributed by atoms with Crippen LogP contribution in [0.25, 0.3) is 0 Å². The summed E-state index contributed by atoms with van der Waals surface area (Å²) in [5.41, 5.74) is 0.889. The highest BCUT2D eigenvalue weighted by molar-refractivity contribution is 5.97. The zero-order valence-corrected chi connectivity index (χ0v) is 16.6. The number of hydrogen-bond acceptors (Lipinski definition) is 6. The second-order valence-corrected chi connectivity index (χ2v) is 6.63. The number of carbonyl (C=O) groups is 2. The molecule has 10 heteroatoms. The maximum absolute atomic E-state index is 12.2. The van der Waals surface area contributed by atoms with Crippen molar-refractivity contribution in [2.24, 2.45) is 0 Å². The van der Waals surface area contributed by atoms with Crippen molar-refractivity contribution in [1.82, 2.24) is 10.6 Å². The van der Waals surface area contributed by atoms with Crippen molar-refractivity contribution in [1.29, 1.82) is 0 Å². The van der Waals surface area contributed by atoms with Crippen molar-refractivity contribution in [2.75, 3.05) is 13.1 Å². The first-order valence-electron chi connectivity index (χ1n) is 9.28. The van der Waals surface area contributed by atoms with Gasteiger partial charge in [-0.05, 0) is 38.8 Å². The van der Waals surface area contributed by atoms with Gasteiger partial charge in [0.25, 0.3) is 23.2 Å². The minimum atomic E-state index is -0.530. The lowest BCUT2D eigenvalue weighted by Gasteiger charge is -2.09. The van der Waals surface area contributed by atoms with Crippen LogP contribution in [0.1, 0.15) is 44.7 Å². The van der Waals surface area contributed by atoms with Gasteiger partial charge >= 0.3 is 0 Å². The second kappa shape index (κ2) is 10.1. The summed E-state index contributed by atoms with van der Waals surface area (Å²) in [5, 5.41) is 27.3. The highest BCUT2D eigenvalue weighted by Gasteiger charge is 2.18. The van der Waals surface area contributed by atoms with Crippen molar-refractivity contribution in [3.05, 3.63) is 78.9 Å². The fourth-order valence-corrected chi connectivity index (χ4v) is 2.98. The van der Waals surface area contributed by atoms with Crippen LogP contribution in [0.5, 0.6) is 0 Å². The average Bonchev–Trinajstić information content (AvgIpc) is 2.70. The minimum Gasteiger partial charge on any atom is -0.352 e. The third-order valence-electron chi connectivity index (χ3n) is 4.67. The highest BCUT2D eigenvalue weighted by Crippen LogP contribution is 2.21. The van der Waals surface area contributed by atoms with Gasteiger partial charge < -0.3 is 10.6 Å². The van der Waals surface area contributed by atoms with Gasteiger partial charge in [-0.25, -0.2) is 0 Å². The molecule has 0 heterocycles. The van der Waals surface area contributed by atoms with E-state index in [2.05, 4.69) is 10.6 Å². The lowest BCUT2D eigenvalue weighted by atomic mass is 10.1. The van der Waals surface area contributed by atoms with Crippen LogP contribution >= 0.6 is 0 Å². The Hall–Kier alpha value is -3.82. The third-order valence-corrected chi connectivity index (χ3v) is 4.67. The van der Waals surface area contributed by atoms with Crippen molar-refractivity contribution in [3.63, 3.8) is 0 Å². The van der Waals surface area contributed by atoms with E-state index in [1.165, 1.54) is 50.2 Å². The Labute approximate surface area is 172 Å². The van der Waals surface area contributed by atoms with Gasteiger partial charge in [0, 0.05) is 47.5 Å². The quantitative estimate of drug-likeness (QED) is 0.366. The van der Waals surface area contributed by atoms with Crippen molar-refractivity contribution in [2.45, 2.75) is 26.7 Å². The molecule has 158 valence electrons. The predicted molar refractivity (Wildman–Crippen MR) is 110 cm³/mol. The number of nitrogens with zero attached hydrogens (tertiary/aromatic N) is 2. The van der Waals surface area contributed by atoms with Gasteiger partial charge in [-0.15, -0.1) is 0 Å². The molecule has 10 nitrogen and oxygen atoms in total. The Kier molecular flexibility index (Phi) is 7.56. The molecule has 0 saturated heterocycles. The molecule has 2 aromatic rings. The van der Waals surface area contributed by atoms with E-state index < -0.39 is 21.7 Å². The first kappa shape index (κ1) is 22.5. The normalized spacial score (nSPS) is 10.3. The highest BCUT2D eigenvalue weighted by atomic mass is 16.6. The van der Waals surface area contributed by atoms with E-state index in [4.69, 9.17) is 0 Å². The zero-order chi connectivity index (χ0) is 22.3. The molecule has 2 amide bonds. The number of nitrogens with one attached hydrogen (secondary N) is 2. The number of unbranched alkanes of at least 4 members (excludes halogenated alkanes) is 1. The molecule has 0 aromatic heterocycles. The van der Waals surface area contributed by atoms with Crippen LogP contribution in [-0.4, -0.2) is 34.8 Å². The molecular weight excluding hydrogens is 392 g/mol. The topological polar surface area (TPSA) is 144 Å². The van der Waals surface area contributed by atoms with E-state index in [-0.39, 0.29) is 22.5 Å². The number of nitro benzene ring substituents is 2. The predicted octanol–water partition coefficient (Wildman–Crippen LogP) is 3.06. The van der Waals surface area contributed by atoms with Gasteiger partial charge in [0.2, 0.25) is 0 Å². The zero-order valence-electron chi connectivity index (χ0n) is 16.6. The maximum Gasteiger partial charge on any atom is 0.273 e. The molecular formula is C20H22N4O6. The molecule has 0 unspecified atom stereocenters. The summed E-state index contributed by atoms with van der Waals surface area (Å²) in [4.78, 5) is 45.3. The summed E-state index contributed by atoms with van der Waals surface area (Å²) in [6.07, 6.45) is 1.15. The van der Waals surface area contributed by atoms with E-state index in [0.717, 1.165) is 0 Å². The summed E-state index contributed by atoms with van der Waals surface area (Å²) in [6, 6.07) is 8.67. The summed E-state index contributed by atoms with van der Waals surface area (Å²) in [7, 11) is 0. The standard InChI is InChI=1S/C20H22N4O6/c1-13-15(7-5-9-17(13)23(27)28)19(25)21-11-3-4-12-22-20(26)16-8-6-10-18(14(16)2)24(29)30/h5-10H,3-4,11-12H2,1-2H3,(H,21,25)(H,22,26). The van der Waals surface area contributed by atoms with Crippen molar-refractivity contribution < 1.29 is 19.4 Å². The van der Waals surface area contributed by atoms with Crippen molar-refractivity contribution >= 4 is 23.2 Å². The lowest BCUT2D eigenvalue weighted by Crippen LogP contribution is -2.28. The number of nitro groups is 2. The molecule has 2 aromatic carbocycles. The summed E-state index contributed by atoms with van der Waals surface area (Å²) in [6.45, 7) is 3.73. The Morgan fingerprint density at radius 2 is 1.13 bits per heavy atom. The molecule has 0 aliphatic carbocycles. The average molecular weight is 414 g/mol. The molecule has 0 spiro atoms. The molecule has 0 fully saturated rings. The summed E-state index contributed by atoms with van der Waals surface area (Å²) >= 11 is 0. The summed E-state index contributed by atoms with van der Waals surface area (Å²) in [5.74, 6) is -0.792. The summed E-state index contributed by atoms with van der Waals surface area (Å²) < 4.78 is 0. The first-order valence-corrected chi connectivity index (χ1v) is 9.28. The van der Waals surface area contributed by atoms with Crippen LogP contribution in [-0.2, 0) is 0 Å².